The molecule has 1 aromatic heterocycles. The Morgan fingerprint density at radius 1 is 1.20 bits per heavy atom. The Bertz CT molecular complexity index is 769. The number of hydrogen-bond donors (Lipinski definition) is 1. The van der Waals surface area contributed by atoms with Crippen LogP contribution in [-0.4, -0.2) is 63.4 Å². The number of piperidine rings is 1. The molecular weight excluding hydrogens is 338 g/mol. The Morgan fingerprint density at radius 2 is 2.08 bits per heavy atom. The quantitative estimate of drug-likeness (QED) is 0.878. The first kappa shape index (κ1) is 16.1. The Labute approximate surface area is 151 Å². The highest BCUT2D eigenvalue weighted by atomic mass is 32.1. The Balaban J connectivity index is 1.43. The van der Waals surface area contributed by atoms with Crippen molar-refractivity contribution in [2.75, 3.05) is 33.0 Å². The van der Waals surface area contributed by atoms with E-state index < -0.39 is 5.60 Å². The summed E-state index contributed by atoms with van der Waals surface area (Å²) in [6, 6.07) is 6.72. The first-order valence-corrected chi connectivity index (χ1v) is 9.80. The molecule has 1 aromatic carbocycles. The van der Waals surface area contributed by atoms with Crippen LogP contribution in [0.25, 0.3) is 11.0 Å². The average molecular weight is 361 g/mol. The average Bonchev–Trinajstić information content (AvgIpc) is 3.10. The maximum Gasteiger partial charge on any atom is 0.105 e. The highest BCUT2D eigenvalue weighted by Crippen LogP contribution is 2.44. The van der Waals surface area contributed by atoms with Crippen LogP contribution >= 0.6 is 11.7 Å². The summed E-state index contributed by atoms with van der Waals surface area (Å²) in [5.74, 6) is 0.336. The fourth-order valence-corrected chi connectivity index (χ4v) is 5.43. The lowest BCUT2D eigenvalue weighted by atomic mass is 9.66. The normalized spacial score (nSPS) is 36.1. The summed E-state index contributed by atoms with van der Waals surface area (Å²) in [5.41, 5.74) is 2.56. The smallest absolute Gasteiger partial charge is 0.105 e. The number of benzene rings is 1. The second-order valence-corrected chi connectivity index (χ2v) is 8.10. The van der Waals surface area contributed by atoms with Gasteiger partial charge in [0.1, 0.15) is 11.0 Å². The monoisotopic (exact) mass is 361 g/mol. The number of likely N-dealkylation sites (tertiary alicyclic amines) is 1. The summed E-state index contributed by atoms with van der Waals surface area (Å²) >= 11 is 1.26. The number of aliphatic hydroxyl groups is 1. The van der Waals surface area contributed by atoms with Gasteiger partial charge in [-0.3, -0.25) is 4.90 Å². The molecule has 0 unspecified atom stereocenters. The van der Waals surface area contributed by atoms with E-state index in [4.69, 9.17) is 9.47 Å². The first-order chi connectivity index (χ1) is 12.2. The lowest BCUT2D eigenvalue weighted by molar-refractivity contribution is -0.221. The minimum Gasteiger partial charge on any atom is -0.389 e. The van der Waals surface area contributed by atoms with Gasteiger partial charge in [-0.1, -0.05) is 6.07 Å². The molecule has 0 aliphatic carbocycles. The second kappa shape index (κ2) is 6.25. The van der Waals surface area contributed by atoms with Crippen molar-refractivity contribution < 1.29 is 14.6 Å². The van der Waals surface area contributed by atoms with Crippen molar-refractivity contribution in [1.29, 1.82) is 0 Å². The molecule has 7 heteroatoms. The van der Waals surface area contributed by atoms with Crippen molar-refractivity contribution in [3.8, 4) is 0 Å². The molecule has 25 heavy (non-hydrogen) atoms. The van der Waals surface area contributed by atoms with E-state index in [0.717, 1.165) is 43.6 Å². The number of fused-ring (bicyclic) bond motifs is 4. The van der Waals surface area contributed by atoms with E-state index in [2.05, 4.69) is 31.8 Å². The van der Waals surface area contributed by atoms with Gasteiger partial charge in [-0.05, 0) is 24.1 Å². The van der Waals surface area contributed by atoms with Gasteiger partial charge in [-0.25, -0.2) is 0 Å². The van der Waals surface area contributed by atoms with E-state index in [1.807, 2.05) is 0 Å². The largest absolute Gasteiger partial charge is 0.389 e. The zero-order chi connectivity index (χ0) is 16.9. The molecule has 0 amide bonds. The van der Waals surface area contributed by atoms with Crippen LogP contribution in [0, 0.1) is 11.8 Å². The minimum atomic E-state index is -0.636. The fourth-order valence-electron chi connectivity index (χ4n) is 4.91. The van der Waals surface area contributed by atoms with Crippen molar-refractivity contribution in [2.45, 2.75) is 31.0 Å². The van der Waals surface area contributed by atoms with Gasteiger partial charge in [-0.15, -0.1) is 0 Å². The molecule has 0 radical (unpaired) electrons. The second-order valence-electron chi connectivity index (χ2n) is 7.57. The first-order valence-electron chi connectivity index (χ1n) is 9.07. The lowest BCUT2D eigenvalue weighted by Crippen LogP contribution is -2.67. The van der Waals surface area contributed by atoms with Crippen molar-refractivity contribution in [3.63, 3.8) is 0 Å². The Morgan fingerprint density at radius 3 is 3.04 bits per heavy atom. The van der Waals surface area contributed by atoms with Crippen LogP contribution in [0.1, 0.15) is 18.4 Å². The van der Waals surface area contributed by atoms with Crippen molar-refractivity contribution in [2.24, 2.45) is 11.8 Å². The van der Waals surface area contributed by atoms with Crippen molar-refractivity contribution in [1.82, 2.24) is 13.6 Å². The summed E-state index contributed by atoms with van der Waals surface area (Å²) < 4.78 is 20.1. The van der Waals surface area contributed by atoms with Gasteiger partial charge in [-0.2, -0.15) is 8.75 Å². The third-order valence-corrected chi connectivity index (χ3v) is 6.82. The van der Waals surface area contributed by atoms with Gasteiger partial charge in [0.25, 0.3) is 0 Å². The van der Waals surface area contributed by atoms with Crippen molar-refractivity contribution >= 4 is 22.8 Å². The third-order valence-electron chi connectivity index (χ3n) is 6.26. The van der Waals surface area contributed by atoms with E-state index in [1.54, 1.807) is 0 Å². The summed E-state index contributed by atoms with van der Waals surface area (Å²) in [4.78, 5) is 2.53. The third kappa shape index (κ3) is 2.69. The summed E-state index contributed by atoms with van der Waals surface area (Å²) in [7, 11) is 0. The standard InChI is InChI=1S/C18H23N3O3S/c22-18-4-6-24-10-13(18)9-21(17-3-5-23-11-14(17)18)8-12-1-2-15-16(7-12)20-25-19-15/h1-2,7,13-14,17,22H,3-6,8-11H2/t13-,14+,17-,18-/m0/s1. The predicted molar refractivity (Wildman–Crippen MR) is 94.4 cm³/mol. The van der Waals surface area contributed by atoms with E-state index >= 15 is 0 Å². The molecule has 3 fully saturated rings. The van der Waals surface area contributed by atoms with Crippen LogP contribution in [0.5, 0.6) is 0 Å². The van der Waals surface area contributed by atoms with Crippen LogP contribution in [0.3, 0.4) is 0 Å². The Kier molecular flexibility index (Phi) is 4.02. The number of hydrogen-bond acceptors (Lipinski definition) is 7. The summed E-state index contributed by atoms with van der Waals surface area (Å²) in [5, 5.41) is 11.4. The Hall–Kier alpha value is -1.12. The molecule has 4 atom stereocenters. The number of aromatic nitrogens is 2. The highest BCUT2D eigenvalue weighted by molar-refractivity contribution is 7.00. The van der Waals surface area contributed by atoms with Gasteiger partial charge < -0.3 is 14.6 Å². The lowest BCUT2D eigenvalue weighted by Gasteiger charge is -2.57. The SMILES string of the molecule is O[C@@]12CCOC[C@@H]1CN(Cc1ccc3nsnc3c1)[C@H]1CCOC[C@H]12. The molecule has 3 aliphatic rings. The molecular formula is C18H23N3O3S. The van der Waals surface area contributed by atoms with Crippen LogP contribution in [0.15, 0.2) is 18.2 Å². The molecule has 0 bridgehead atoms. The zero-order valence-electron chi connectivity index (χ0n) is 14.1. The van der Waals surface area contributed by atoms with Crippen molar-refractivity contribution in [3.05, 3.63) is 23.8 Å². The van der Waals surface area contributed by atoms with Gasteiger partial charge in [0.05, 0.1) is 30.5 Å². The molecule has 3 saturated heterocycles. The number of nitrogens with zero attached hydrogens (tertiary/aromatic N) is 3. The molecule has 1 N–H and O–H groups in total. The van der Waals surface area contributed by atoms with Crippen LogP contribution < -0.4 is 0 Å². The molecule has 3 aliphatic heterocycles. The van der Waals surface area contributed by atoms with Gasteiger partial charge in [0, 0.05) is 50.6 Å². The maximum atomic E-state index is 11.4. The number of ether oxygens (including phenoxy) is 2. The highest BCUT2D eigenvalue weighted by Gasteiger charge is 2.55. The predicted octanol–water partition coefficient (Wildman–Crippen LogP) is 1.68. The summed E-state index contributed by atoms with van der Waals surface area (Å²) in [6.45, 7) is 4.49. The molecule has 0 saturated carbocycles. The van der Waals surface area contributed by atoms with Crippen LogP contribution in [0.4, 0.5) is 0 Å². The molecule has 2 aromatic rings. The molecule has 134 valence electrons. The van der Waals surface area contributed by atoms with Crippen LogP contribution in [0.2, 0.25) is 0 Å². The van der Waals surface area contributed by atoms with Crippen LogP contribution in [-0.2, 0) is 16.0 Å². The molecule has 0 spiro atoms. The van der Waals surface area contributed by atoms with E-state index in [0.29, 0.717) is 25.9 Å². The zero-order valence-corrected chi connectivity index (χ0v) is 15.0. The van der Waals surface area contributed by atoms with E-state index in [-0.39, 0.29) is 11.8 Å². The molecule has 4 heterocycles. The topological polar surface area (TPSA) is 67.7 Å². The number of rotatable bonds is 2. The molecule has 5 rings (SSSR count). The minimum absolute atomic E-state index is 0.161. The van der Waals surface area contributed by atoms with Gasteiger partial charge in [0.15, 0.2) is 0 Å². The molecule has 6 nitrogen and oxygen atoms in total. The van der Waals surface area contributed by atoms with E-state index in [1.165, 1.54) is 17.3 Å². The van der Waals surface area contributed by atoms with Gasteiger partial charge >= 0.3 is 0 Å². The maximum absolute atomic E-state index is 11.4. The van der Waals surface area contributed by atoms with Gasteiger partial charge in [0.2, 0.25) is 0 Å². The summed E-state index contributed by atoms with van der Waals surface area (Å²) in [6.07, 6.45) is 1.72. The fraction of sp³-hybridized carbons (Fsp3) is 0.667. The van der Waals surface area contributed by atoms with E-state index in [9.17, 15) is 5.11 Å².